The van der Waals surface area contributed by atoms with Gasteiger partial charge in [0.25, 0.3) is 0 Å². The summed E-state index contributed by atoms with van der Waals surface area (Å²) in [6.45, 7) is 2.82. The highest BCUT2D eigenvalue weighted by molar-refractivity contribution is 6.36. The Labute approximate surface area is 99.6 Å². The number of carbonyl (C=O) groups is 1. The minimum absolute atomic E-state index is 0.00115. The Morgan fingerprint density at radius 2 is 2.47 bits per heavy atom. The van der Waals surface area contributed by atoms with Crippen LogP contribution in [0.25, 0.3) is 0 Å². The molecule has 1 amide bonds. The number of halogens is 2. The van der Waals surface area contributed by atoms with Crippen molar-refractivity contribution in [2.45, 2.75) is 6.04 Å². The van der Waals surface area contributed by atoms with Crippen LogP contribution in [0.3, 0.4) is 0 Å². The van der Waals surface area contributed by atoms with Crippen molar-refractivity contribution in [1.82, 2.24) is 15.5 Å². The molecule has 0 radical (unpaired) electrons. The molecule has 2 N–H and O–H groups in total. The fourth-order valence-electron chi connectivity index (χ4n) is 1.59. The van der Waals surface area contributed by atoms with Gasteiger partial charge in [0.1, 0.15) is 6.04 Å². The third-order valence-corrected chi connectivity index (χ3v) is 2.98. The summed E-state index contributed by atoms with van der Waals surface area (Å²) in [4.78, 5) is 13.6. The fraction of sp³-hybridized carbons (Fsp3) is 0.667. The lowest BCUT2D eigenvalue weighted by molar-refractivity contribution is -0.126. The molecule has 15 heavy (non-hydrogen) atoms. The average Bonchev–Trinajstić information content (AvgIpc) is 2.28. The standard InChI is InChI=1S/C9H15Cl2N3O/c1-12-9(15)8-5-13-2-3-14(8)6-7(11)4-10/h4,8,13H,2-3,5-6H2,1H3,(H,12,15). The lowest BCUT2D eigenvalue weighted by atomic mass is 10.2. The van der Waals surface area contributed by atoms with Gasteiger partial charge in [0.2, 0.25) is 5.91 Å². The second kappa shape index (κ2) is 6.33. The summed E-state index contributed by atoms with van der Waals surface area (Å²) in [7, 11) is 1.63. The highest BCUT2D eigenvalue weighted by Gasteiger charge is 2.27. The van der Waals surface area contributed by atoms with E-state index in [1.54, 1.807) is 7.05 Å². The largest absolute Gasteiger partial charge is 0.358 e. The van der Waals surface area contributed by atoms with Crippen molar-refractivity contribution in [3.05, 3.63) is 10.6 Å². The van der Waals surface area contributed by atoms with Gasteiger partial charge >= 0.3 is 0 Å². The van der Waals surface area contributed by atoms with Gasteiger partial charge in [-0.15, -0.1) is 0 Å². The number of piperazine rings is 1. The summed E-state index contributed by atoms with van der Waals surface area (Å²) in [6.07, 6.45) is 0. The van der Waals surface area contributed by atoms with E-state index in [2.05, 4.69) is 10.6 Å². The SMILES string of the molecule is CNC(=O)C1CNCCN1CC(Cl)=CCl. The Morgan fingerprint density at radius 1 is 1.73 bits per heavy atom. The molecule has 1 rings (SSSR count). The lowest BCUT2D eigenvalue weighted by Crippen LogP contribution is -2.57. The number of nitrogens with zero attached hydrogens (tertiary/aromatic N) is 1. The first-order chi connectivity index (χ1) is 7.19. The van der Waals surface area contributed by atoms with Gasteiger partial charge < -0.3 is 10.6 Å². The summed E-state index contributed by atoms with van der Waals surface area (Å²) < 4.78 is 0. The van der Waals surface area contributed by atoms with E-state index in [1.165, 1.54) is 5.54 Å². The Morgan fingerprint density at radius 3 is 3.07 bits per heavy atom. The highest BCUT2D eigenvalue weighted by Crippen LogP contribution is 2.11. The summed E-state index contributed by atoms with van der Waals surface area (Å²) in [6, 6.07) is -0.172. The van der Waals surface area contributed by atoms with Crippen LogP contribution in [0.15, 0.2) is 10.6 Å². The minimum Gasteiger partial charge on any atom is -0.358 e. The fourth-order valence-corrected chi connectivity index (χ4v) is 1.81. The molecule has 1 fully saturated rings. The average molecular weight is 252 g/mol. The number of hydrogen-bond donors (Lipinski definition) is 2. The van der Waals surface area contributed by atoms with Gasteiger partial charge in [-0.05, 0) is 0 Å². The normalized spacial score (nSPS) is 23.9. The van der Waals surface area contributed by atoms with Gasteiger partial charge in [-0.2, -0.15) is 0 Å². The summed E-state index contributed by atoms with van der Waals surface area (Å²) in [5, 5.41) is 6.36. The molecule has 1 saturated heterocycles. The van der Waals surface area contributed by atoms with E-state index in [9.17, 15) is 4.79 Å². The molecule has 0 bridgehead atoms. The number of hydrogen-bond acceptors (Lipinski definition) is 3. The molecule has 1 aliphatic rings. The maximum Gasteiger partial charge on any atom is 0.238 e. The van der Waals surface area contributed by atoms with Crippen molar-refractivity contribution in [2.75, 3.05) is 33.2 Å². The minimum atomic E-state index is -0.172. The molecule has 0 saturated carbocycles. The van der Waals surface area contributed by atoms with E-state index in [0.29, 0.717) is 18.1 Å². The Bertz CT molecular complexity index is 258. The van der Waals surface area contributed by atoms with Crippen LogP contribution in [-0.4, -0.2) is 50.1 Å². The van der Waals surface area contributed by atoms with Crippen LogP contribution in [-0.2, 0) is 4.79 Å². The first-order valence-corrected chi connectivity index (χ1v) is 5.61. The van der Waals surface area contributed by atoms with Gasteiger partial charge in [-0.3, -0.25) is 9.69 Å². The molecule has 1 aliphatic heterocycles. The van der Waals surface area contributed by atoms with Crippen molar-refractivity contribution in [1.29, 1.82) is 0 Å². The van der Waals surface area contributed by atoms with Gasteiger partial charge in [0.05, 0.1) is 0 Å². The van der Waals surface area contributed by atoms with Crippen LogP contribution in [0.1, 0.15) is 0 Å². The summed E-state index contributed by atoms with van der Waals surface area (Å²) >= 11 is 11.3. The number of nitrogens with one attached hydrogen (secondary N) is 2. The van der Waals surface area contributed by atoms with E-state index in [1.807, 2.05) is 4.90 Å². The topological polar surface area (TPSA) is 44.4 Å². The molecule has 1 heterocycles. The zero-order chi connectivity index (χ0) is 11.3. The third kappa shape index (κ3) is 3.65. The predicted molar refractivity (Wildman–Crippen MR) is 62.1 cm³/mol. The smallest absolute Gasteiger partial charge is 0.238 e. The second-order valence-electron chi connectivity index (χ2n) is 3.36. The van der Waals surface area contributed by atoms with Crippen molar-refractivity contribution >= 4 is 29.1 Å². The number of rotatable bonds is 3. The molecule has 0 aliphatic carbocycles. The zero-order valence-electron chi connectivity index (χ0n) is 8.59. The Kier molecular flexibility index (Phi) is 5.39. The molecule has 4 nitrogen and oxygen atoms in total. The van der Waals surface area contributed by atoms with Gasteiger partial charge in [0, 0.05) is 43.8 Å². The van der Waals surface area contributed by atoms with E-state index < -0.39 is 0 Å². The van der Waals surface area contributed by atoms with Crippen LogP contribution in [0.5, 0.6) is 0 Å². The van der Waals surface area contributed by atoms with Crippen molar-refractivity contribution in [3.63, 3.8) is 0 Å². The second-order valence-corrected chi connectivity index (χ2v) is 4.06. The van der Waals surface area contributed by atoms with Crippen LogP contribution in [0, 0.1) is 0 Å². The molecule has 0 aromatic rings. The van der Waals surface area contributed by atoms with Crippen LogP contribution in [0.2, 0.25) is 0 Å². The van der Waals surface area contributed by atoms with Crippen LogP contribution in [0.4, 0.5) is 0 Å². The molecular formula is C9H15Cl2N3O. The van der Waals surface area contributed by atoms with Gasteiger partial charge in [0.15, 0.2) is 0 Å². The quantitative estimate of drug-likeness (QED) is 0.760. The van der Waals surface area contributed by atoms with Crippen molar-refractivity contribution in [2.24, 2.45) is 0 Å². The molecular weight excluding hydrogens is 237 g/mol. The van der Waals surface area contributed by atoms with E-state index in [0.717, 1.165) is 13.1 Å². The third-order valence-electron chi connectivity index (χ3n) is 2.38. The Balaban J connectivity index is 2.61. The first kappa shape index (κ1) is 12.8. The number of likely N-dealkylation sites (N-methyl/N-ethyl adjacent to an activating group) is 1. The van der Waals surface area contributed by atoms with Crippen LogP contribution >= 0.6 is 23.2 Å². The monoisotopic (exact) mass is 251 g/mol. The highest BCUT2D eigenvalue weighted by atomic mass is 35.5. The predicted octanol–water partition coefficient (Wildman–Crippen LogP) is 0.325. The molecule has 0 aromatic heterocycles. The van der Waals surface area contributed by atoms with E-state index in [4.69, 9.17) is 23.2 Å². The molecule has 0 aromatic carbocycles. The maximum atomic E-state index is 11.6. The molecule has 6 heteroatoms. The van der Waals surface area contributed by atoms with Crippen molar-refractivity contribution in [3.8, 4) is 0 Å². The van der Waals surface area contributed by atoms with E-state index in [-0.39, 0.29) is 11.9 Å². The Hall–Kier alpha value is -0.290. The first-order valence-electron chi connectivity index (χ1n) is 4.80. The summed E-state index contributed by atoms with van der Waals surface area (Å²) in [5.74, 6) is 0.00115. The summed E-state index contributed by atoms with van der Waals surface area (Å²) in [5.41, 5.74) is 1.34. The molecule has 1 unspecified atom stereocenters. The molecule has 86 valence electrons. The van der Waals surface area contributed by atoms with Crippen LogP contribution < -0.4 is 10.6 Å². The molecule has 0 spiro atoms. The van der Waals surface area contributed by atoms with Crippen molar-refractivity contribution < 1.29 is 4.79 Å². The maximum absolute atomic E-state index is 11.6. The zero-order valence-corrected chi connectivity index (χ0v) is 10.1. The number of amides is 1. The van der Waals surface area contributed by atoms with E-state index >= 15 is 0 Å². The van der Waals surface area contributed by atoms with Gasteiger partial charge in [-0.25, -0.2) is 0 Å². The number of carbonyl (C=O) groups excluding carboxylic acids is 1. The molecule has 1 atom stereocenters. The lowest BCUT2D eigenvalue weighted by Gasteiger charge is -2.34. The van der Waals surface area contributed by atoms with Gasteiger partial charge in [-0.1, -0.05) is 23.2 Å².